The molecule has 4 aromatic rings. The lowest BCUT2D eigenvalue weighted by Crippen LogP contribution is -2.32. The predicted molar refractivity (Wildman–Crippen MR) is 144 cm³/mol. The predicted octanol–water partition coefficient (Wildman–Crippen LogP) is 5.97. The molecule has 1 aliphatic heterocycles. The lowest BCUT2D eigenvalue weighted by molar-refractivity contribution is 0.115. The number of aliphatic hydroxyl groups is 1. The summed E-state index contributed by atoms with van der Waals surface area (Å²) in [5.74, 6) is 0.184. The number of nitriles is 2. The van der Waals surface area contributed by atoms with Crippen LogP contribution in [0.15, 0.2) is 83.5 Å². The molecule has 5 nitrogen and oxygen atoms in total. The monoisotopic (exact) mass is 480 g/mol. The number of pyridine rings is 1. The van der Waals surface area contributed by atoms with Crippen molar-refractivity contribution < 1.29 is 5.11 Å². The smallest absolute Gasteiger partial charge is 0.141 e. The van der Waals surface area contributed by atoms with Crippen molar-refractivity contribution in [3.63, 3.8) is 0 Å². The molecule has 1 N–H and O–H groups in total. The van der Waals surface area contributed by atoms with E-state index in [4.69, 9.17) is 0 Å². The number of rotatable bonds is 1. The molecule has 0 saturated carbocycles. The Bertz CT molecular complexity index is 1720. The highest BCUT2D eigenvalue weighted by Gasteiger charge is 2.38. The van der Waals surface area contributed by atoms with E-state index < -0.39 is 5.60 Å². The Balaban J connectivity index is 1.71. The molecule has 178 valence electrons. The summed E-state index contributed by atoms with van der Waals surface area (Å²) in [7, 11) is 0. The van der Waals surface area contributed by atoms with Crippen molar-refractivity contribution >= 4 is 17.1 Å². The first-order valence-electron chi connectivity index (χ1n) is 12.4. The van der Waals surface area contributed by atoms with Gasteiger partial charge in [0.25, 0.3) is 0 Å². The molecule has 0 spiro atoms. The Hall–Kier alpha value is -4.58. The summed E-state index contributed by atoms with van der Waals surface area (Å²) in [6.07, 6.45) is 5.73. The number of nitrogens with zero attached hydrogens (tertiary/aromatic N) is 4. The Kier molecular flexibility index (Phi) is 5.45. The van der Waals surface area contributed by atoms with Gasteiger partial charge in [0.1, 0.15) is 17.4 Å². The number of benzene rings is 3. The van der Waals surface area contributed by atoms with Crippen LogP contribution in [-0.2, 0) is 18.4 Å². The van der Waals surface area contributed by atoms with Crippen LogP contribution in [0.5, 0.6) is 0 Å². The molecule has 2 atom stereocenters. The largest absolute Gasteiger partial charge is 0.376 e. The summed E-state index contributed by atoms with van der Waals surface area (Å²) in [5, 5.41) is 33.0. The van der Waals surface area contributed by atoms with Crippen molar-refractivity contribution in [1.82, 2.24) is 4.98 Å². The van der Waals surface area contributed by atoms with Gasteiger partial charge in [-0.25, -0.2) is 4.98 Å². The summed E-state index contributed by atoms with van der Waals surface area (Å²) < 4.78 is 0. The fourth-order valence-corrected chi connectivity index (χ4v) is 5.57. The maximum Gasteiger partial charge on any atom is 0.141 e. The molecule has 1 aliphatic carbocycles. The zero-order valence-corrected chi connectivity index (χ0v) is 20.4. The van der Waals surface area contributed by atoms with Crippen LogP contribution in [0, 0.1) is 28.6 Å². The Labute approximate surface area is 215 Å². The van der Waals surface area contributed by atoms with Crippen LogP contribution < -0.4 is 0 Å². The molecule has 0 radical (unpaired) electrons. The molecule has 0 amide bonds. The van der Waals surface area contributed by atoms with E-state index in [2.05, 4.69) is 41.2 Å². The molecule has 0 fully saturated rings. The van der Waals surface area contributed by atoms with Crippen molar-refractivity contribution in [2.45, 2.75) is 31.8 Å². The Morgan fingerprint density at radius 2 is 1.78 bits per heavy atom. The van der Waals surface area contributed by atoms with Gasteiger partial charge in [-0.05, 0) is 88.4 Å². The van der Waals surface area contributed by atoms with Crippen LogP contribution in [0.25, 0.3) is 22.0 Å². The lowest BCUT2D eigenvalue weighted by Gasteiger charge is -2.34. The molecule has 6 bridgehead atoms. The summed E-state index contributed by atoms with van der Waals surface area (Å²) in [6, 6.07) is 26.0. The highest BCUT2D eigenvalue weighted by atomic mass is 16.3. The number of aliphatic imine (C=N–C) groups is 1. The molecule has 37 heavy (non-hydrogen) atoms. The van der Waals surface area contributed by atoms with Crippen LogP contribution in [-0.4, -0.2) is 16.3 Å². The molecule has 1 aromatic heterocycles. The van der Waals surface area contributed by atoms with E-state index in [0.29, 0.717) is 40.7 Å². The van der Waals surface area contributed by atoms with Crippen molar-refractivity contribution in [2.75, 3.05) is 0 Å². The Morgan fingerprint density at radius 3 is 2.59 bits per heavy atom. The van der Waals surface area contributed by atoms with Crippen LogP contribution in [0.3, 0.4) is 0 Å². The van der Waals surface area contributed by atoms with Gasteiger partial charge in [-0.2, -0.15) is 10.5 Å². The minimum atomic E-state index is -1.44. The van der Waals surface area contributed by atoms with Gasteiger partial charge in [-0.3, -0.25) is 4.99 Å². The third-order valence-corrected chi connectivity index (χ3v) is 7.48. The van der Waals surface area contributed by atoms with E-state index >= 15 is 0 Å². The summed E-state index contributed by atoms with van der Waals surface area (Å²) >= 11 is 0. The highest BCUT2D eigenvalue weighted by Crippen LogP contribution is 2.43. The second-order valence-electron chi connectivity index (χ2n) is 9.93. The van der Waals surface area contributed by atoms with E-state index in [0.717, 1.165) is 39.6 Å². The molecular weight excluding hydrogens is 456 g/mol. The first-order valence-corrected chi connectivity index (χ1v) is 12.4. The van der Waals surface area contributed by atoms with Crippen molar-refractivity contribution in [3.05, 3.63) is 112 Å². The SMILES string of the molecule is CC1C=NC=C(C2(O)c3ccc(C#N)c(c3)CCc3cccc(c3)-c3cc(C#N)nc4ccc2cc34)C1. The average molecular weight is 481 g/mol. The minimum absolute atomic E-state index is 0.184. The quantitative estimate of drug-likeness (QED) is 0.363. The van der Waals surface area contributed by atoms with Crippen LogP contribution in [0.1, 0.15) is 46.9 Å². The third kappa shape index (κ3) is 3.82. The first kappa shape index (κ1) is 22.9. The lowest BCUT2D eigenvalue weighted by atomic mass is 9.75. The summed E-state index contributed by atoms with van der Waals surface area (Å²) in [6.45, 7) is 2.09. The standard InChI is InChI=1S/C32H24N4O/c1-20-11-27(19-35-18-20)32(37)25-8-7-24(16-33)22(13-25)6-5-21-3-2-4-23(12-21)29-15-28(17-34)36-31-10-9-26(32)14-30(29)31/h2-4,7-10,12-15,18-20,37H,5-6,11H2,1H3. The molecule has 3 aromatic carbocycles. The van der Waals surface area contributed by atoms with Crippen molar-refractivity contribution in [3.8, 4) is 23.3 Å². The van der Waals surface area contributed by atoms with E-state index in [1.165, 1.54) is 0 Å². The molecule has 6 rings (SSSR count). The van der Waals surface area contributed by atoms with E-state index in [1.54, 1.807) is 6.20 Å². The average Bonchev–Trinajstić information content (AvgIpc) is 2.94. The summed E-state index contributed by atoms with van der Waals surface area (Å²) in [5.41, 5.74) is 6.37. The van der Waals surface area contributed by atoms with E-state index in [-0.39, 0.29) is 5.92 Å². The van der Waals surface area contributed by atoms with Gasteiger partial charge in [0.05, 0.1) is 17.1 Å². The van der Waals surface area contributed by atoms with Crippen LogP contribution in [0.2, 0.25) is 0 Å². The normalized spacial score (nSPS) is 20.2. The van der Waals surface area contributed by atoms with Gasteiger partial charge < -0.3 is 5.11 Å². The number of hydrogen-bond acceptors (Lipinski definition) is 5. The van der Waals surface area contributed by atoms with Gasteiger partial charge in [-0.1, -0.05) is 49.4 Å². The second kappa shape index (κ2) is 8.82. The fourth-order valence-electron chi connectivity index (χ4n) is 5.57. The third-order valence-electron chi connectivity index (χ3n) is 7.48. The zero-order valence-electron chi connectivity index (χ0n) is 20.4. The van der Waals surface area contributed by atoms with Gasteiger partial charge in [-0.15, -0.1) is 0 Å². The second-order valence-corrected chi connectivity index (χ2v) is 9.93. The highest BCUT2D eigenvalue weighted by molar-refractivity contribution is 5.96. The topological polar surface area (TPSA) is 93.1 Å². The molecule has 2 aliphatic rings. The fraction of sp³-hybridized carbons (Fsp3) is 0.188. The van der Waals surface area contributed by atoms with Crippen LogP contribution in [0.4, 0.5) is 0 Å². The van der Waals surface area contributed by atoms with Crippen molar-refractivity contribution in [1.29, 1.82) is 10.5 Å². The molecule has 5 heteroatoms. The van der Waals surface area contributed by atoms with Gasteiger partial charge >= 0.3 is 0 Å². The molecular formula is C32H24N4O. The first-order chi connectivity index (χ1) is 18.0. The van der Waals surface area contributed by atoms with Crippen LogP contribution >= 0.6 is 0 Å². The van der Waals surface area contributed by atoms with Crippen molar-refractivity contribution in [2.24, 2.45) is 10.9 Å². The molecule has 0 saturated heterocycles. The number of aryl methyl sites for hydroxylation is 2. The maximum absolute atomic E-state index is 12.6. The molecule has 2 heterocycles. The molecule has 2 unspecified atom stereocenters. The number of hydrogen-bond donors (Lipinski definition) is 1. The van der Waals surface area contributed by atoms with E-state index in [9.17, 15) is 15.6 Å². The van der Waals surface area contributed by atoms with E-state index in [1.807, 2.05) is 60.8 Å². The zero-order chi connectivity index (χ0) is 25.6. The Morgan fingerprint density at radius 1 is 0.946 bits per heavy atom. The number of fused-ring (bicyclic) bond motifs is 6. The minimum Gasteiger partial charge on any atom is -0.376 e. The number of aromatic nitrogens is 1. The maximum atomic E-state index is 12.6. The van der Waals surface area contributed by atoms with Gasteiger partial charge in [0.2, 0.25) is 0 Å². The summed E-state index contributed by atoms with van der Waals surface area (Å²) in [4.78, 5) is 9.01. The van der Waals surface area contributed by atoms with Gasteiger partial charge in [0.15, 0.2) is 0 Å². The van der Waals surface area contributed by atoms with Gasteiger partial charge in [0, 0.05) is 17.8 Å².